The first-order chi connectivity index (χ1) is 22.2. The first kappa shape index (κ1) is 24.9. The molecule has 0 bridgehead atoms. The Morgan fingerprint density at radius 3 is 2.00 bits per heavy atom. The van der Waals surface area contributed by atoms with E-state index < -0.39 is 0 Å². The summed E-state index contributed by atoms with van der Waals surface area (Å²) in [7, 11) is 2.11. The average molecular weight is 597 g/mol. The number of fused-ring (bicyclic) bond motifs is 10. The number of hydrogen-bond acceptors (Lipinski definition) is 3. The Morgan fingerprint density at radius 2 is 1.16 bits per heavy atom. The summed E-state index contributed by atoms with van der Waals surface area (Å²) >= 11 is 1.88. The third-order valence-corrected chi connectivity index (χ3v) is 10.5. The van der Waals surface area contributed by atoms with Gasteiger partial charge in [0, 0.05) is 78.2 Å². The molecule has 1 aliphatic heterocycles. The number of aromatic nitrogens is 2. The maximum Gasteiger partial charge on any atom is 0.0938 e. The maximum absolute atomic E-state index is 2.49. The molecule has 0 saturated heterocycles. The van der Waals surface area contributed by atoms with Crippen molar-refractivity contribution in [3.63, 3.8) is 0 Å². The molecule has 0 fully saturated rings. The zero-order valence-corrected chi connectivity index (χ0v) is 25.5. The molecule has 4 nitrogen and oxygen atoms in total. The lowest BCUT2D eigenvalue weighted by Crippen LogP contribution is -2.21. The molecule has 0 N–H and O–H groups in total. The Morgan fingerprint density at radius 1 is 0.489 bits per heavy atom. The highest BCUT2D eigenvalue weighted by molar-refractivity contribution is 7.26. The summed E-state index contributed by atoms with van der Waals surface area (Å²) in [5.41, 5.74) is 8.44. The van der Waals surface area contributed by atoms with Gasteiger partial charge >= 0.3 is 0 Å². The van der Waals surface area contributed by atoms with Crippen molar-refractivity contribution in [3.05, 3.63) is 140 Å². The summed E-state index contributed by atoms with van der Waals surface area (Å²) in [6.07, 6.45) is 4.29. The van der Waals surface area contributed by atoms with Crippen LogP contribution < -0.4 is 4.90 Å². The monoisotopic (exact) mass is 596 g/mol. The van der Waals surface area contributed by atoms with E-state index in [9.17, 15) is 0 Å². The van der Waals surface area contributed by atoms with Crippen molar-refractivity contribution in [1.82, 2.24) is 14.0 Å². The molecule has 45 heavy (non-hydrogen) atoms. The van der Waals surface area contributed by atoms with E-state index in [1.54, 1.807) is 0 Å². The first-order valence-corrected chi connectivity index (χ1v) is 16.2. The lowest BCUT2D eigenvalue weighted by Gasteiger charge is -2.19. The highest BCUT2D eigenvalue weighted by Gasteiger charge is 2.21. The number of nitrogens with zero attached hydrogens (tertiary/aromatic N) is 4. The van der Waals surface area contributed by atoms with Crippen molar-refractivity contribution in [3.8, 4) is 11.4 Å². The van der Waals surface area contributed by atoms with Gasteiger partial charge in [-0.05, 0) is 54.6 Å². The van der Waals surface area contributed by atoms with Gasteiger partial charge in [-0.1, -0.05) is 72.8 Å². The van der Waals surface area contributed by atoms with Crippen molar-refractivity contribution in [2.45, 2.75) is 0 Å². The third kappa shape index (κ3) is 3.53. The number of rotatable bonds is 3. The van der Waals surface area contributed by atoms with Gasteiger partial charge in [-0.25, -0.2) is 0 Å². The van der Waals surface area contributed by atoms with E-state index in [0.29, 0.717) is 0 Å². The molecule has 6 aromatic carbocycles. The number of anilines is 1. The van der Waals surface area contributed by atoms with Gasteiger partial charge in [-0.15, -0.1) is 11.3 Å². The van der Waals surface area contributed by atoms with Crippen molar-refractivity contribution in [1.29, 1.82) is 0 Å². The Labute approximate surface area is 263 Å². The van der Waals surface area contributed by atoms with Crippen LogP contribution in [-0.2, 0) is 0 Å². The fraction of sp³-hybridized carbons (Fsp3) is 0.0500. The van der Waals surface area contributed by atoms with Gasteiger partial charge in [0.15, 0.2) is 0 Å². The molecule has 0 aliphatic carbocycles. The van der Waals surface area contributed by atoms with E-state index in [1.165, 1.54) is 75.2 Å². The topological polar surface area (TPSA) is 16.3 Å². The summed E-state index contributed by atoms with van der Waals surface area (Å²) in [4.78, 5) is 4.50. The van der Waals surface area contributed by atoms with Gasteiger partial charge in [-0.3, -0.25) is 0 Å². The average Bonchev–Trinajstić information content (AvgIpc) is 3.84. The SMILES string of the molecule is CN1C=CN(c2ccc3c4ccccc4n(-c4ccc5c6ccc7sc8ccccc8c7c6n(-c6ccccc6)c5c4)c3c2)C1. The van der Waals surface area contributed by atoms with Crippen molar-refractivity contribution < 1.29 is 0 Å². The second-order valence-corrected chi connectivity index (χ2v) is 13.1. The Kier molecular flexibility index (Phi) is 5.11. The van der Waals surface area contributed by atoms with Crippen LogP contribution in [0.25, 0.3) is 75.2 Å². The molecule has 9 aromatic rings. The number of benzene rings is 6. The van der Waals surface area contributed by atoms with E-state index >= 15 is 0 Å². The largest absolute Gasteiger partial charge is 0.361 e. The van der Waals surface area contributed by atoms with Crippen LogP contribution in [-0.4, -0.2) is 27.8 Å². The van der Waals surface area contributed by atoms with E-state index in [2.05, 4.69) is 166 Å². The predicted octanol–water partition coefficient (Wildman–Crippen LogP) is 10.4. The van der Waals surface area contributed by atoms with E-state index in [0.717, 1.165) is 12.4 Å². The molecule has 4 heterocycles. The van der Waals surface area contributed by atoms with Gasteiger partial charge in [0.05, 0.1) is 28.7 Å². The number of hydrogen-bond donors (Lipinski definition) is 0. The molecular weight excluding hydrogens is 569 g/mol. The van der Waals surface area contributed by atoms with Crippen LogP contribution >= 0.6 is 11.3 Å². The lowest BCUT2D eigenvalue weighted by molar-refractivity contribution is 0.496. The van der Waals surface area contributed by atoms with Gasteiger partial charge in [-0.2, -0.15) is 0 Å². The van der Waals surface area contributed by atoms with Crippen LogP contribution in [0.4, 0.5) is 5.69 Å². The van der Waals surface area contributed by atoms with Gasteiger partial charge < -0.3 is 18.9 Å². The van der Waals surface area contributed by atoms with Crippen molar-refractivity contribution in [2.24, 2.45) is 0 Å². The van der Waals surface area contributed by atoms with Crippen LogP contribution in [0.5, 0.6) is 0 Å². The molecule has 5 heteroatoms. The molecule has 0 amide bonds. The van der Waals surface area contributed by atoms with Crippen molar-refractivity contribution >= 4 is 80.8 Å². The van der Waals surface area contributed by atoms with Gasteiger partial charge in [0.2, 0.25) is 0 Å². The van der Waals surface area contributed by atoms with Crippen molar-refractivity contribution in [2.75, 3.05) is 18.6 Å². The first-order valence-electron chi connectivity index (χ1n) is 15.4. The summed E-state index contributed by atoms with van der Waals surface area (Å²) < 4.78 is 7.57. The van der Waals surface area contributed by atoms with Crippen LogP contribution in [0.2, 0.25) is 0 Å². The standard InChI is InChI=1S/C40H28N4S/c1-41-21-22-42(25-41)27-15-17-30-29-11-5-7-13-34(29)43(35(30)23-27)28-16-18-31-32-19-20-38-39(33-12-6-8-14-37(33)45-38)40(32)44(36(31)24-28)26-9-3-2-4-10-26/h2-24H,25H2,1H3. The van der Waals surface area contributed by atoms with Crippen LogP contribution in [0.3, 0.4) is 0 Å². The quantitative estimate of drug-likeness (QED) is 0.202. The molecule has 0 unspecified atom stereocenters. The molecule has 0 spiro atoms. The highest BCUT2D eigenvalue weighted by atomic mass is 32.1. The Balaban J connectivity index is 1.31. The Hall–Kier alpha value is -5.52. The fourth-order valence-corrected chi connectivity index (χ4v) is 8.51. The predicted molar refractivity (Wildman–Crippen MR) is 192 cm³/mol. The van der Waals surface area contributed by atoms with E-state index in [4.69, 9.17) is 0 Å². The zero-order chi connectivity index (χ0) is 29.6. The van der Waals surface area contributed by atoms with Crippen LogP contribution in [0.15, 0.2) is 140 Å². The summed E-state index contributed by atoms with van der Waals surface area (Å²) in [5, 5.41) is 7.73. The van der Waals surface area contributed by atoms with E-state index in [1.807, 2.05) is 11.3 Å². The molecule has 0 radical (unpaired) electrons. The van der Waals surface area contributed by atoms with Crippen LogP contribution in [0, 0.1) is 0 Å². The molecule has 10 rings (SSSR count). The second-order valence-electron chi connectivity index (χ2n) is 12.0. The molecule has 214 valence electrons. The van der Waals surface area contributed by atoms with Gasteiger partial charge in [0.1, 0.15) is 0 Å². The van der Waals surface area contributed by atoms with E-state index in [-0.39, 0.29) is 0 Å². The smallest absolute Gasteiger partial charge is 0.0938 e. The van der Waals surface area contributed by atoms with Crippen LogP contribution in [0.1, 0.15) is 0 Å². The minimum absolute atomic E-state index is 0.848. The third-order valence-electron chi connectivity index (χ3n) is 9.39. The summed E-state index contributed by atoms with van der Waals surface area (Å²) in [6.45, 7) is 0.848. The summed E-state index contributed by atoms with van der Waals surface area (Å²) in [6, 6.07) is 47.0. The molecule has 1 aliphatic rings. The summed E-state index contributed by atoms with van der Waals surface area (Å²) in [5.74, 6) is 0. The Bertz CT molecular complexity index is 2660. The minimum Gasteiger partial charge on any atom is -0.361 e. The number of thiophene rings is 1. The number of para-hydroxylation sites is 2. The highest BCUT2D eigenvalue weighted by Crippen LogP contribution is 2.44. The molecule has 0 saturated carbocycles. The zero-order valence-electron chi connectivity index (χ0n) is 24.7. The maximum atomic E-state index is 2.49. The molecule has 3 aromatic heterocycles. The molecule has 0 atom stereocenters. The minimum atomic E-state index is 0.848. The second kappa shape index (κ2) is 9.24. The normalized spacial score (nSPS) is 13.6. The molecular formula is C40H28N4S. The lowest BCUT2D eigenvalue weighted by atomic mass is 10.1. The van der Waals surface area contributed by atoms with Gasteiger partial charge in [0.25, 0.3) is 0 Å². The fourth-order valence-electron chi connectivity index (χ4n) is 7.40.